The molecule has 206 valence electrons. The highest BCUT2D eigenvalue weighted by atomic mass is 16.2. The van der Waals surface area contributed by atoms with Crippen LogP contribution in [0, 0.1) is 18.3 Å². The second-order valence-electron chi connectivity index (χ2n) is 13.3. The van der Waals surface area contributed by atoms with Gasteiger partial charge in [-0.25, -0.2) is 0 Å². The van der Waals surface area contributed by atoms with Crippen LogP contribution in [0.5, 0.6) is 0 Å². The van der Waals surface area contributed by atoms with Gasteiger partial charge in [-0.05, 0) is 89.7 Å². The van der Waals surface area contributed by atoms with Crippen molar-refractivity contribution in [1.29, 1.82) is 5.41 Å². The number of carbonyl (C=O) groups excluding carboxylic acids is 1. The number of nitrogens with zero attached hydrogens (tertiary/aromatic N) is 1. The molecular formula is C34H49N3O. The van der Waals surface area contributed by atoms with Gasteiger partial charge in [0.15, 0.2) is 0 Å². The lowest BCUT2D eigenvalue weighted by Gasteiger charge is -2.42. The number of carbonyl (C=O) groups is 1. The van der Waals surface area contributed by atoms with E-state index in [0.717, 1.165) is 25.7 Å². The molecule has 38 heavy (non-hydrogen) atoms. The number of benzene rings is 2. The van der Waals surface area contributed by atoms with E-state index in [9.17, 15) is 4.79 Å². The maximum atomic E-state index is 13.9. The van der Waals surface area contributed by atoms with E-state index in [1.54, 1.807) is 0 Å². The molecule has 0 aliphatic heterocycles. The first-order valence-electron chi connectivity index (χ1n) is 14.8. The molecule has 2 aliphatic rings. The Morgan fingerprint density at radius 3 is 2.11 bits per heavy atom. The lowest BCUT2D eigenvalue weighted by atomic mass is 9.62. The minimum absolute atomic E-state index is 0.155. The van der Waals surface area contributed by atoms with E-state index in [0.29, 0.717) is 25.4 Å². The van der Waals surface area contributed by atoms with E-state index >= 15 is 0 Å². The number of fused-ring (bicyclic) bond motifs is 1. The third kappa shape index (κ3) is 6.68. The molecule has 4 heteroatoms. The fourth-order valence-corrected chi connectivity index (χ4v) is 6.48. The van der Waals surface area contributed by atoms with Crippen molar-refractivity contribution in [1.82, 2.24) is 4.90 Å². The van der Waals surface area contributed by atoms with Crippen LogP contribution in [0.4, 0.5) is 0 Å². The SMILES string of the molecule is Cc1cc2c(cc1CN(Cc1ccc(CCCC(=N)N)cc1)C(=O)C1CCCCC1)C(C)(C)CCC2(C)C. The lowest BCUT2D eigenvalue weighted by Crippen LogP contribution is -2.37. The molecule has 0 spiro atoms. The summed E-state index contributed by atoms with van der Waals surface area (Å²) in [5.41, 5.74) is 13.8. The standard InChI is InChI=1S/C34H49N3O/c1-24-20-29-30(34(4,5)19-18-33(29,2)3)21-28(24)23-37(32(38)27-11-7-6-8-12-27)22-26-16-14-25(15-17-26)10-9-13-31(35)36/h14-17,20-21,27H,6-13,18-19,22-23H2,1-5H3,(H3,35,36). The van der Waals surface area contributed by atoms with E-state index in [-0.39, 0.29) is 22.6 Å². The molecule has 0 bridgehead atoms. The summed E-state index contributed by atoms with van der Waals surface area (Å²) in [5, 5.41) is 7.44. The summed E-state index contributed by atoms with van der Waals surface area (Å²) in [4.78, 5) is 16.0. The summed E-state index contributed by atoms with van der Waals surface area (Å²) in [6.07, 6.45) is 10.5. The third-order valence-electron chi connectivity index (χ3n) is 9.24. The topological polar surface area (TPSA) is 70.2 Å². The molecule has 2 aromatic rings. The van der Waals surface area contributed by atoms with Crippen LogP contribution in [0.2, 0.25) is 0 Å². The lowest BCUT2D eigenvalue weighted by molar-refractivity contribution is -0.137. The molecule has 0 aromatic heterocycles. The van der Waals surface area contributed by atoms with Gasteiger partial charge in [-0.15, -0.1) is 0 Å². The van der Waals surface area contributed by atoms with Gasteiger partial charge in [-0.3, -0.25) is 10.2 Å². The highest BCUT2D eigenvalue weighted by Crippen LogP contribution is 2.46. The van der Waals surface area contributed by atoms with Crippen LogP contribution in [-0.2, 0) is 35.1 Å². The Kier molecular flexibility index (Phi) is 8.69. The normalized spacial score (nSPS) is 18.6. The van der Waals surface area contributed by atoms with Crippen LogP contribution in [0.3, 0.4) is 0 Å². The first kappa shape index (κ1) is 28.4. The van der Waals surface area contributed by atoms with Gasteiger partial charge < -0.3 is 10.6 Å². The summed E-state index contributed by atoms with van der Waals surface area (Å²) in [5.74, 6) is 0.734. The highest BCUT2D eigenvalue weighted by molar-refractivity contribution is 5.79. The van der Waals surface area contributed by atoms with Crippen molar-refractivity contribution in [3.63, 3.8) is 0 Å². The van der Waals surface area contributed by atoms with Gasteiger partial charge in [0, 0.05) is 25.4 Å². The van der Waals surface area contributed by atoms with Crippen LogP contribution >= 0.6 is 0 Å². The van der Waals surface area contributed by atoms with Gasteiger partial charge in [0.05, 0.1) is 5.84 Å². The van der Waals surface area contributed by atoms with E-state index in [1.165, 1.54) is 65.5 Å². The second kappa shape index (κ2) is 11.6. The average molecular weight is 516 g/mol. The van der Waals surface area contributed by atoms with E-state index < -0.39 is 0 Å². The number of nitrogens with two attached hydrogens (primary N) is 1. The Hall–Kier alpha value is -2.62. The fourth-order valence-electron chi connectivity index (χ4n) is 6.48. The summed E-state index contributed by atoms with van der Waals surface area (Å²) < 4.78 is 0. The number of hydrogen-bond donors (Lipinski definition) is 2. The van der Waals surface area contributed by atoms with Gasteiger partial charge in [-0.2, -0.15) is 0 Å². The zero-order valence-corrected chi connectivity index (χ0v) is 24.5. The average Bonchev–Trinajstić information content (AvgIpc) is 2.88. The maximum Gasteiger partial charge on any atom is 0.226 e. The van der Waals surface area contributed by atoms with Crippen molar-refractivity contribution in [2.75, 3.05) is 0 Å². The van der Waals surface area contributed by atoms with Crippen LogP contribution in [0.15, 0.2) is 36.4 Å². The summed E-state index contributed by atoms with van der Waals surface area (Å²) >= 11 is 0. The number of amides is 1. The molecule has 2 aliphatic carbocycles. The Labute approximate surface area is 230 Å². The quantitative estimate of drug-likeness (QED) is 0.265. The predicted octanol–water partition coefficient (Wildman–Crippen LogP) is 7.71. The summed E-state index contributed by atoms with van der Waals surface area (Å²) in [7, 11) is 0. The Morgan fingerprint density at radius 1 is 0.921 bits per heavy atom. The van der Waals surface area contributed by atoms with Crippen molar-refractivity contribution in [2.45, 2.75) is 123 Å². The number of hydrogen-bond acceptors (Lipinski definition) is 2. The first-order chi connectivity index (χ1) is 18.0. The van der Waals surface area contributed by atoms with E-state index in [1.807, 2.05) is 0 Å². The monoisotopic (exact) mass is 515 g/mol. The minimum Gasteiger partial charge on any atom is -0.388 e. The Morgan fingerprint density at radius 2 is 1.50 bits per heavy atom. The molecule has 4 rings (SSSR count). The molecule has 1 fully saturated rings. The molecule has 0 atom stereocenters. The third-order valence-corrected chi connectivity index (χ3v) is 9.24. The molecule has 0 radical (unpaired) electrons. The minimum atomic E-state index is 0.155. The predicted molar refractivity (Wildman–Crippen MR) is 159 cm³/mol. The van der Waals surface area contributed by atoms with Crippen molar-refractivity contribution in [3.05, 3.63) is 69.8 Å². The largest absolute Gasteiger partial charge is 0.388 e. The first-order valence-corrected chi connectivity index (χ1v) is 14.8. The number of rotatable bonds is 9. The van der Waals surface area contributed by atoms with Crippen molar-refractivity contribution in [2.24, 2.45) is 11.7 Å². The zero-order valence-electron chi connectivity index (χ0n) is 24.5. The van der Waals surface area contributed by atoms with Gasteiger partial charge in [0.25, 0.3) is 0 Å². The molecule has 1 saturated carbocycles. The van der Waals surface area contributed by atoms with Crippen molar-refractivity contribution < 1.29 is 4.79 Å². The highest BCUT2D eigenvalue weighted by Gasteiger charge is 2.37. The fraction of sp³-hybridized carbons (Fsp3) is 0.588. The van der Waals surface area contributed by atoms with Gasteiger partial charge in [0.1, 0.15) is 0 Å². The Balaban J connectivity index is 1.59. The van der Waals surface area contributed by atoms with E-state index in [4.69, 9.17) is 11.1 Å². The molecule has 2 aromatic carbocycles. The van der Waals surface area contributed by atoms with Crippen LogP contribution in [-0.4, -0.2) is 16.6 Å². The number of aryl methyl sites for hydroxylation is 2. The van der Waals surface area contributed by atoms with Gasteiger partial charge in [-0.1, -0.05) is 83.4 Å². The summed E-state index contributed by atoms with van der Waals surface area (Å²) in [6, 6.07) is 13.6. The Bertz CT molecular complexity index is 1140. The van der Waals surface area contributed by atoms with Crippen LogP contribution < -0.4 is 5.73 Å². The van der Waals surface area contributed by atoms with Crippen LogP contribution in [0.1, 0.15) is 119 Å². The molecule has 0 unspecified atom stereocenters. The number of amidine groups is 1. The van der Waals surface area contributed by atoms with Gasteiger partial charge >= 0.3 is 0 Å². The molecule has 3 N–H and O–H groups in total. The molecule has 0 heterocycles. The van der Waals surface area contributed by atoms with Crippen LogP contribution in [0.25, 0.3) is 0 Å². The maximum absolute atomic E-state index is 13.9. The molecule has 0 saturated heterocycles. The molecular weight excluding hydrogens is 466 g/mol. The second-order valence-corrected chi connectivity index (χ2v) is 13.3. The van der Waals surface area contributed by atoms with Crippen molar-refractivity contribution in [3.8, 4) is 0 Å². The zero-order chi connectivity index (χ0) is 27.5. The summed E-state index contributed by atoms with van der Waals surface area (Å²) in [6.45, 7) is 13.1. The van der Waals surface area contributed by atoms with E-state index in [2.05, 4.69) is 75.9 Å². The number of nitrogens with one attached hydrogen (secondary N) is 1. The molecule has 4 nitrogen and oxygen atoms in total. The van der Waals surface area contributed by atoms with Gasteiger partial charge in [0.2, 0.25) is 5.91 Å². The van der Waals surface area contributed by atoms with Crippen molar-refractivity contribution >= 4 is 11.7 Å². The smallest absolute Gasteiger partial charge is 0.226 e. The molecule has 1 amide bonds.